The molecule has 30 heavy (non-hydrogen) atoms. The third kappa shape index (κ3) is 5.61. The lowest BCUT2D eigenvalue weighted by Gasteiger charge is -2.15. The van der Waals surface area contributed by atoms with Crippen LogP contribution in [-0.4, -0.2) is 19.7 Å². The maximum absolute atomic E-state index is 12.9. The normalized spacial score (nSPS) is 11.7. The van der Waals surface area contributed by atoms with Crippen LogP contribution in [0.5, 0.6) is 11.5 Å². The van der Waals surface area contributed by atoms with Gasteiger partial charge in [0.05, 0.1) is 13.7 Å². The molecule has 0 heterocycles. The summed E-state index contributed by atoms with van der Waals surface area (Å²) in [6, 6.07) is 26.5. The monoisotopic (exact) mass is 400 g/mol. The summed E-state index contributed by atoms with van der Waals surface area (Å²) in [6.07, 6.45) is 3.60. The van der Waals surface area contributed by atoms with Gasteiger partial charge in [-0.15, -0.1) is 0 Å². The number of para-hydroxylation sites is 1. The lowest BCUT2D eigenvalue weighted by molar-refractivity contribution is -0.138. The van der Waals surface area contributed by atoms with Crippen LogP contribution >= 0.6 is 0 Å². The minimum Gasteiger partial charge on any atom is -0.497 e. The van der Waals surface area contributed by atoms with Gasteiger partial charge in [-0.05, 0) is 55.0 Å². The number of carbonyl (C=O) groups excluding carboxylic acids is 1. The molecule has 0 saturated carbocycles. The van der Waals surface area contributed by atoms with Gasteiger partial charge in [-0.3, -0.25) is 0 Å². The smallest absolute Gasteiger partial charge is 0.341 e. The average Bonchev–Trinajstić information content (AvgIpc) is 2.80. The van der Waals surface area contributed by atoms with Crippen molar-refractivity contribution in [3.63, 3.8) is 0 Å². The van der Waals surface area contributed by atoms with Crippen LogP contribution in [0.4, 0.5) is 0 Å². The van der Waals surface area contributed by atoms with E-state index in [9.17, 15) is 4.79 Å². The first-order chi connectivity index (χ1) is 14.7. The van der Waals surface area contributed by atoms with E-state index in [1.165, 1.54) is 0 Å². The van der Waals surface area contributed by atoms with Crippen LogP contribution in [0.3, 0.4) is 0 Å². The molecular weight excluding hydrogens is 376 g/mol. The molecule has 0 radical (unpaired) electrons. The molecular formula is C26H24O4. The van der Waals surface area contributed by atoms with Crippen molar-refractivity contribution in [2.45, 2.75) is 6.92 Å². The fourth-order valence-corrected chi connectivity index (χ4v) is 2.81. The van der Waals surface area contributed by atoms with E-state index in [1.807, 2.05) is 91.0 Å². The summed E-state index contributed by atoms with van der Waals surface area (Å²) >= 11 is 0. The maximum atomic E-state index is 12.9. The summed E-state index contributed by atoms with van der Waals surface area (Å²) in [5.41, 5.74) is 2.03. The molecule has 0 saturated heterocycles. The second-order valence-corrected chi connectivity index (χ2v) is 6.35. The zero-order chi connectivity index (χ0) is 21.2. The molecule has 0 amide bonds. The molecule has 3 aromatic rings. The molecule has 4 heteroatoms. The number of carbonyl (C=O) groups is 1. The fourth-order valence-electron chi connectivity index (χ4n) is 2.81. The van der Waals surface area contributed by atoms with Crippen LogP contribution in [0.25, 0.3) is 11.8 Å². The van der Waals surface area contributed by atoms with E-state index in [-0.39, 0.29) is 6.61 Å². The molecule has 152 valence electrons. The van der Waals surface area contributed by atoms with Crippen LogP contribution in [-0.2, 0) is 9.53 Å². The Morgan fingerprint density at radius 2 is 1.47 bits per heavy atom. The molecule has 3 rings (SSSR count). The molecule has 0 aromatic heterocycles. The van der Waals surface area contributed by atoms with Crippen LogP contribution in [0.1, 0.15) is 18.1 Å². The zero-order valence-corrected chi connectivity index (χ0v) is 17.1. The molecule has 0 aliphatic rings. The number of benzene rings is 3. The van der Waals surface area contributed by atoms with E-state index in [1.54, 1.807) is 20.1 Å². The number of ether oxygens (including phenoxy) is 3. The fraction of sp³-hybridized carbons (Fsp3) is 0.115. The molecule has 0 fully saturated rings. The van der Waals surface area contributed by atoms with Gasteiger partial charge >= 0.3 is 5.97 Å². The van der Waals surface area contributed by atoms with Crippen LogP contribution < -0.4 is 9.47 Å². The Balaban J connectivity index is 2.12. The van der Waals surface area contributed by atoms with Gasteiger partial charge in [-0.1, -0.05) is 54.6 Å². The summed E-state index contributed by atoms with van der Waals surface area (Å²) in [7, 11) is 1.61. The molecule has 0 N–H and O–H groups in total. The van der Waals surface area contributed by atoms with Crippen molar-refractivity contribution < 1.29 is 19.0 Å². The SMILES string of the molecule is CCOC(=O)C(/C=C/c1ccccc1)=C(/Oc1ccccc1)c1ccc(OC)cc1. The van der Waals surface area contributed by atoms with Crippen molar-refractivity contribution in [1.82, 2.24) is 0 Å². The van der Waals surface area contributed by atoms with Gasteiger partial charge in [-0.2, -0.15) is 0 Å². The molecule has 3 aromatic carbocycles. The summed E-state index contributed by atoms with van der Waals surface area (Å²) < 4.78 is 16.8. The van der Waals surface area contributed by atoms with Gasteiger partial charge in [0.15, 0.2) is 0 Å². The topological polar surface area (TPSA) is 44.8 Å². The first-order valence-corrected chi connectivity index (χ1v) is 9.73. The van der Waals surface area contributed by atoms with Crippen molar-refractivity contribution in [3.05, 3.63) is 108 Å². The van der Waals surface area contributed by atoms with E-state index in [0.29, 0.717) is 17.1 Å². The van der Waals surface area contributed by atoms with E-state index in [4.69, 9.17) is 14.2 Å². The number of methoxy groups -OCH3 is 1. The minimum absolute atomic E-state index is 0.267. The van der Waals surface area contributed by atoms with Crippen molar-refractivity contribution in [2.24, 2.45) is 0 Å². The van der Waals surface area contributed by atoms with Gasteiger partial charge in [0, 0.05) is 5.56 Å². The van der Waals surface area contributed by atoms with Crippen molar-refractivity contribution in [2.75, 3.05) is 13.7 Å². The summed E-state index contributed by atoms with van der Waals surface area (Å²) in [6.45, 7) is 2.05. The number of hydrogen-bond donors (Lipinski definition) is 0. The largest absolute Gasteiger partial charge is 0.497 e. The molecule has 0 spiro atoms. The van der Waals surface area contributed by atoms with E-state index < -0.39 is 5.97 Å². The lowest BCUT2D eigenvalue weighted by atomic mass is 10.1. The summed E-state index contributed by atoms with van der Waals surface area (Å²) in [4.78, 5) is 12.9. The van der Waals surface area contributed by atoms with Crippen LogP contribution in [0, 0.1) is 0 Å². The average molecular weight is 400 g/mol. The van der Waals surface area contributed by atoms with E-state index >= 15 is 0 Å². The predicted octanol–water partition coefficient (Wildman–Crippen LogP) is 5.76. The Labute approximate surface area is 177 Å². The number of hydrogen-bond acceptors (Lipinski definition) is 4. The van der Waals surface area contributed by atoms with Crippen molar-refractivity contribution in [1.29, 1.82) is 0 Å². The van der Waals surface area contributed by atoms with Gasteiger partial charge in [0.25, 0.3) is 0 Å². The second-order valence-electron chi connectivity index (χ2n) is 6.35. The minimum atomic E-state index is -0.452. The number of esters is 1. The first-order valence-electron chi connectivity index (χ1n) is 9.73. The highest BCUT2D eigenvalue weighted by molar-refractivity contribution is 6.00. The molecule has 0 aliphatic heterocycles. The Hall–Kier alpha value is -3.79. The van der Waals surface area contributed by atoms with Gasteiger partial charge in [0.1, 0.15) is 22.8 Å². The van der Waals surface area contributed by atoms with E-state index in [0.717, 1.165) is 16.9 Å². The quantitative estimate of drug-likeness (QED) is 0.209. The predicted molar refractivity (Wildman–Crippen MR) is 119 cm³/mol. The van der Waals surface area contributed by atoms with Crippen LogP contribution in [0.15, 0.2) is 96.6 Å². The van der Waals surface area contributed by atoms with E-state index in [2.05, 4.69) is 0 Å². The third-order valence-corrected chi connectivity index (χ3v) is 4.30. The molecule has 0 bridgehead atoms. The van der Waals surface area contributed by atoms with Crippen LogP contribution in [0.2, 0.25) is 0 Å². The summed E-state index contributed by atoms with van der Waals surface area (Å²) in [5, 5.41) is 0. The first kappa shape index (κ1) is 20.9. The lowest BCUT2D eigenvalue weighted by Crippen LogP contribution is -2.11. The Morgan fingerprint density at radius 1 is 0.833 bits per heavy atom. The summed E-state index contributed by atoms with van der Waals surface area (Å²) in [5.74, 6) is 1.30. The van der Waals surface area contributed by atoms with Crippen molar-refractivity contribution in [3.8, 4) is 11.5 Å². The molecule has 0 aliphatic carbocycles. The number of rotatable bonds is 8. The highest BCUT2D eigenvalue weighted by atomic mass is 16.5. The van der Waals surface area contributed by atoms with Gasteiger partial charge in [0.2, 0.25) is 0 Å². The molecule has 0 atom stereocenters. The highest BCUT2D eigenvalue weighted by Gasteiger charge is 2.19. The highest BCUT2D eigenvalue weighted by Crippen LogP contribution is 2.27. The Kier molecular flexibility index (Phi) is 7.45. The molecule has 4 nitrogen and oxygen atoms in total. The Bertz CT molecular complexity index is 1000. The second kappa shape index (κ2) is 10.7. The standard InChI is InChI=1S/C26H24O4/c1-3-29-26(27)24(19-14-20-10-6-4-7-11-20)25(30-23-12-8-5-9-13-23)21-15-17-22(28-2)18-16-21/h4-19H,3H2,1-2H3/b19-14+,25-24+. The molecule has 0 unspecified atom stereocenters. The Morgan fingerprint density at radius 3 is 2.07 bits per heavy atom. The van der Waals surface area contributed by atoms with Crippen molar-refractivity contribution >= 4 is 17.8 Å². The third-order valence-electron chi connectivity index (χ3n) is 4.30. The van der Waals surface area contributed by atoms with Gasteiger partial charge < -0.3 is 14.2 Å². The zero-order valence-electron chi connectivity index (χ0n) is 17.1. The maximum Gasteiger partial charge on any atom is 0.341 e. The van der Waals surface area contributed by atoms with Gasteiger partial charge in [-0.25, -0.2) is 4.79 Å².